The number of allylic oxidation sites excluding steroid dienone is 4. The lowest BCUT2D eigenvalue weighted by Gasteiger charge is -1.86. The third kappa shape index (κ3) is 1.04. The highest BCUT2D eigenvalue weighted by atomic mass is 33.1. The lowest BCUT2D eigenvalue weighted by Crippen LogP contribution is -2.03. The van der Waals surface area contributed by atoms with E-state index in [4.69, 9.17) is 0 Å². The van der Waals surface area contributed by atoms with Crippen LogP contribution in [0.3, 0.4) is 0 Å². The Kier molecular flexibility index (Phi) is 1.65. The molecule has 0 saturated carbocycles. The van der Waals surface area contributed by atoms with Crippen LogP contribution in [0.15, 0.2) is 28.7 Å². The number of hydrogen-bond donors (Lipinski definition) is 0. The standard InChI is InChI=1S/C6H5N2S2/c1-2-4-6(3-1)8-5-7-9-10-8/h1-5H/q+1. The van der Waals surface area contributed by atoms with Crippen molar-refractivity contribution in [3.05, 3.63) is 24.3 Å². The Bertz CT molecular complexity index is 249. The lowest BCUT2D eigenvalue weighted by atomic mass is 10.4. The zero-order valence-corrected chi connectivity index (χ0v) is 6.73. The van der Waals surface area contributed by atoms with Gasteiger partial charge in [-0.1, -0.05) is 12.2 Å². The Morgan fingerprint density at radius 1 is 1.30 bits per heavy atom. The number of rotatable bonds is 0. The van der Waals surface area contributed by atoms with Gasteiger partial charge >= 0.3 is 6.34 Å². The Morgan fingerprint density at radius 2 is 2.10 bits per heavy atom. The van der Waals surface area contributed by atoms with E-state index in [1.165, 1.54) is 16.7 Å². The minimum absolute atomic E-state index is 1.19. The van der Waals surface area contributed by atoms with Gasteiger partial charge in [0.1, 0.15) is 5.71 Å². The minimum atomic E-state index is 1.19. The van der Waals surface area contributed by atoms with Crippen molar-refractivity contribution >= 4 is 34.0 Å². The van der Waals surface area contributed by atoms with Crippen LogP contribution in [0.25, 0.3) is 0 Å². The summed E-state index contributed by atoms with van der Waals surface area (Å²) in [6, 6.07) is 0. The second kappa shape index (κ2) is 2.64. The van der Waals surface area contributed by atoms with Gasteiger partial charge in [-0.3, -0.25) is 0 Å². The molecule has 0 bridgehead atoms. The summed E-state index contributed by atoms with van der Waals surface area (Å²) >= 11 is 0. The number of nitrogens with zero attached hydrogens (tertiary/aromatic N) is 2. The summed E-state index contributed by atoms with van der Waals surface area (Å²) in [6.07, 6.45) is 9.99. The molecular formula is C6H5N2S2+. The Balaban J connectivity index is 2.36. The molecule has 1 heterocycles. The second-order valence-electron chi connectivity index (χ2n) is 1.84. The molecule has 50 valence electrons. The van der Waals surface area contributed by atoms with Crippen LogP contribution >= 0.6 is 22.0 Å². The minimum Gasteiger partial charge on any atom is -0.152 e. The predicted octanol–water partition coefficient (Wildman–Crippen LogP) is 1.82. The SMILES string of the molecule is C1=CC(=[N+]2C=NSS2)C=C1. The van der Waals surface area contributed by atoms with E-state index in [0.29, 0.717) is 0 Å². The molecule has 0 atom stereocenters. The van der Waals surface area contributed by atoms with E-state index in [1.54, 1.807) is 11.0 Å². The quantitative estimate of drug-likeness (QED) is 0.312. The molecule has 2 rings (SSSR count). The van der Waals surface area contributed by atoms with Crippen LogP contribution in [0.4, 0.5) is 0 Å². The van der Waals surface area contributed by atoms with Gasteiger partial charge in [0, 0.05) is 4.40 Å². The highest BCUT2D eigenvalue weighted by Crippen LogP contribution is 2.28. The zero-order valence-electron chi connectivity index (χ0n) is 5.10. The normalized spacial score (nSPS) is 21.6. The van der Waals surface area contributed by atoms with Crippen molar-refractivity contribution in [2.24, 2.45) is 4.40 Å². The fourth-order valence-electron chi connectivity index (χ4n) is 0.757. The average Bonchev–Trinajstić information content (AvgIpc) is 2.59. The smallest absolute Gasteiger partial charge is 0.152 e. The summed E-state index contributed by atoms with van der Waals surface area (Å²) < 4.78 is 6.03. The first-order valence-electron chi connectivity index (χ1n) is 2.85. The molecule has 0 aromatic heterocycles. The van der Waals surface area contributed by atoms with E-state index in [-0.39, 0.29) is 0 Å². The molecule has 0 radical (unpaired) electrons. The monoisotopic (exact) mass is 169 g/mol. The topological polar surface area (TPSA) is 15.4 Å². The summed E-state index contributed by atoms with van der Waals surface area (Å²) in [5.74, 6) is 0. The summed E-state index contributed by atoms with van der Waals surface area (Å²) in [5.41, 5.74) is 1.19. The van der Waals surface area contributed by atoms with Crippen LogP contribution < -0.4 is 0 Å². The van der Waals surface area contributed by atoms with Crippen molar-refractivity contribution in [1.29, 1.82) is 0 Å². The first-order valence-corrected chi connectivity index (χ1v) is 4.91. The molecule has 0 aromatic rings. The van der Waals surface area contributed by atoms with Crippen LogP contribution in [0.1, 0.15) is 0 Å². The van der Waals surface area contributed by atoms with Gasteiger partial charge in [0.15, 0.2) is 11.0 Å². The molecule has 2 aliphatic rings. The maximum Gasteiger partial charge on any atom is 0.309 e. The van der Waals surface area contributed by atoms with Gasteiger partial charge in [-0.25, -0.2) is 0 Å². The summed E-state index contributed by atoms with van der Waals surface area (Å²) in [4.78, 5) is 0. The maximum absolute atomic E-state index is 4.00. The molecule has 0 fully saturated rings. The van der Waals surface area contributed by atoms with E-state index in [9.17, 15) is 0 Å². The molecule has 10 heavy (non-hydrogen) atoms. The van der Waals surface area contributed by atoms with Crippen LogP contribution in [0.2, 0.25) is 0 Å². The fraction of sp³-hybridized carbons (Fsp3) is 0. The number of hydrogen-bond acceptors (Lipinski definition) is 3. The van der Waals surface area contributed by atoms with Gasteiger partial charge < -0.3 is 0 Å². The van der Waals surface area contributed by atoms with E-state index in [1.807, 2.05) is 22.5 Å². The molecule has 0 unspecified atom stereocenters. The molecule has 0 aromatic carbocycles. The van der Waals surface area contributed by atoms with E-state index in [2.05, 4.69) is 16.5 Å². The zero-order chi connectivity index (χ0) is 6.81. The van der Waals surface area contributed by atoms with Gasteiger partial charge in [0.25, 0.3) is 0 Å². The van der Waals surface area contributed by atoms with Crippen molar-refractivity contribution in [3.8, 4) is 0 Å². The van der Waals surface area contributed by atoms with Gasteiger partial charge in [-0.05, 0) is 12.2 Å². The van der Waals surface area contributed by atoms with Crippen LogP contribution in [-0.2, 0) is 0 Å². The van der Waals surface area contributed by atoms with Crippen molar-refractivity contribution in [3.63, 3.8) is 0 Å². The van der Waals surface area contributed by atoms with E-state index >= 15 is 0 Å². The van der Waals surface area contributed by atoms with Gasteiger partial charge in [-0.15, -0.1) is 0 Å². The lowest BCUT2D eigenvalue weighted by molar-refractivity contribution is -0.177. The van der Waals surface area contributed by atoms with Crippen LogP contribution in [0.5, 0.6) is 0 Å². The average molecular weight is 169 g/mol. The first kappa shape index (κ1) is 6.24. The van der Waals surface area contributed by atoms with E-state index < -0.39 is 0 Å². The van der Waals surface area contributed by atoms with Crippen molar-refractivity contribution in [2.45, 2.75) is 0 Å². The van der Waals surface area contributed by atoms with Gasteiger partial charge in [-0.2, -0.15) is 3.98 Å². The second-order valence-corrected chi connectivity index (χ2v) is 3.64. The predicted molar refractivity (Wildman–Crippen MR) is 47.2 cm³/mol. The molecular weight excluding hydrogens is 164 g/mol. The maximum atomic E-state index is 4.00. The highest BCUT2D eigenvalue weighted by Gasteiger charge is 2.15. The molecule has 4 heteroatoms. The largest absolute Gasteiger partial charge is 0.309 e. The Labute approximate surface area is 67.1 Å². The molecule has 0 N–H and O–H groups in total. The molecule has 2 nitrogen and oxygen atoms in total. The third-order valence-corrected chi connectivity index (χ3v) is 2.86. The highest BCUT2D eigenvalue weighted by molar-refractivity contribution is 8.74. The van der Waals surface area contributed by atoms with E-state index in [0.717, 1.165) is 0 Å². The summed E-state index contributed by atoms with van der Waals surface area (Å²) in [5, 5.41) is 0. The van der Waals surface area contributed by atoms with Gasteiger partial charge in [0.2, 0.25) is 11.0 Å². The van der Waals surface area contributed by atoms with Crippen LogP contribution in [0, 0.1) is 0 Å². The van der Waals surface area contributed by atoms with Crippen molar-refractivity contribution in [2.75, 3.05) is 0 Å². The molecule has 0 spiro atoms. The summed E-state index contributed by atoms with van der Waals surface area (Å²) in [7, 11) is 3.12. The third-order valence-electron chi connectivity index (χ3n) is 1.21. The molecule has 0 saturated heterocycles. The fourth-order valence-corrected chi connectivity index (χ4v) is 2.17. The van der Waals surface area contributed by atoms with Crippen molar-refractivity contribution in [1.82, 2.24) is 0 Å². The van der Waals surface area contributed by atoms with Gasteiger partial charge in [0.05, 0.1) is 0 Å². The molecule has 0 amide bonds. The van der Waals surface area contributed by atoms with Crippen molar-refractivity contribution < 1.29 is 3.98 Å². The van der Waals surface area contributed by atoms with Crippen LogP contribution in [-0.4, -0.2) is 16.0 Å². The molecule has 1 aliphatic heterocycles. The Morgan fingerprint density at radius 3 is 2.70 bits per heavy atom. The Hall–Kier alpha value is -0.480. The summed E-state index contributed by atoms with van der Waals surface area (Å²) in [6.45, 7) is 0. The molecule has 1 aliphatic carbocycles. The first-order chi connectivity index (χ1) is 4.97.